The lowest BCUT2D eigenvalue weighted by Gasteiger charge is -2.16. The Bertz CT molecular complexity index is 195. The normalized spacial score (nSPS) is 51.0. The third-order valence-electron chi connectivity index (χ3n) is 3.08. The summed E-state index contributed by atoms with van der Waals surface area (Å²) in [5.41, 5.74) is 0. The molecule has 0 spiro atoms. The maximum Gasteiger partial charge on any atom is 0.0869 e. The zero-order valence-electron chi connectivity index (χ0n) is 6.58. The van der Waals surface area contributed by atoms with E-state index in [0.717, 1.165) is 12.8 Å². The van der Waals surface area contributed by atoms with Crippen LogP contribution in [0.4, 0.5) is 0 Å². The second kappa shape index (κ2) is 2.94. The Labute approximate surface area is 88.6 Å². The first-order valence-electron chi connectivity index (χ1n) is 4.27. The Kier molecular flexibility index (Phi) is 2.31. The van der Waals surface area contributed by atoms with Gasteiger partial charge < -0.3 is 10.2 Å². The molecule has 0 saturated heterocycles. The predicted molar refractivity (Wildman–Crippen MR) is 53.4 cm³/mol. The molecule has 0 bridgehead atoms. The molecule has 2 N–H and O–H groups in total. The average Bonchev–Trinajstić information content (AvgIpc) is 2.53. The van der Waals surface area contributed by atoms with Crippen LogP contribution in [0.2, 0.25) is 0 Å². The van der Waals surface area contributed by atoms with Crippen molar-refractivity contribution in [1.29, 1.82) is 0 Å². The number of aliphatic hydroxyl groups is 2. The molecule has 0 aliphatic heterocycles. The molecule has 0 radical (unpaired) electrons. The Balaban J connectivity index is 2.04. The van der Waals surface area contributed by atoms with E-state index in [2.05, 4.69) is 31.9 Å². The molecule has 4 atom stereocenters. The molecule has 0 aromatic carbocycles. The lowest BCUT2D eigenvalue weighted by Crippen LogP contribution is -2.26. The monoisotopic (exact) mass is 298 g/mol. The second-order valence-corrected chi connectivity index (χ2v) is 7.52. The zero-order chi connectivity index (χ0) is 8.93. The van der Waals surface area contributed by atoms with Gasteiger partial charge in [0.1, 0.15) is 0 Å². The van der Waals surface area contributed by atoms with E-state index in [-0.39, 0.29) is 3.23 Å². The Hall–Kier alpha value is 0.880. The molecule has 2 fully saturated rings. The van der Waals surface area contributed by atoms with Crippen LogP contribution in [0.15, 0.2) is 0 Å². The van der Waals surface area contributed by atoms with Crippen molar-refractivity contribution in [3.63, 3.8) is 0 Å². The molecule has 0 aromatic heterocycles. The van der Waals surface area contributed by atoms with Crippen molar-refractivity contribution in [3.8, 4) is 0 Å². The smallest absolute Gasteiger partial charge is 0.0869 e. The van der Waals surface area contributed by atoms with Crippen molar-refractivity contribution in [3.05, 3.63) is 0 Å². The zero-order valence-corrected chi connectivity index (χ0v) is 9.75. The minimum atomic E-state index is -0.531. The van der Waals surface area contributed by atoms with Crippen molar-refractivity contribution >= 4 is 31.9 Å². The van der Waals surface area contributed by atoms with Crippen molar-refractivity contribution in [2.24, 2.45) is 11.8 Å². The summed E-state index contributed by atoms with van der Waals surface area (Å²) in [5.74, 6) is 1.08. The molecule has 2 aliphatic carbocycles. The average molecular weight is 300 g/mol. The summed E-state index contributed by atoms with van der Waals surface area (Å²) in [6.45, 7) is 0. The number of hydrogen-bond acceptors (Lipinski definition) is 2. The molecule has 70 valence electrons. The van der Waals surface area contributed by atoms with Gasteiger partial charge in [-0.15, -0.1) is 0 Å². The maximum absolute atomic E-state index is 9.50. The van der Waals surface area contributed by atoms with E-state index in [1.165, 1.54) is 0 Å². The number of rotatable bonds is 0. The van der Waals surface area contributed by atoms with Gasteiger partial charge >= 0.3 is 0 Å². The highest BCUT2D eigenvalue weighted by atomic mass is 79.9. The van der Waals surface area contributed by atoms with Crippen molar-refractivity contribution in [1.82, 2.24) is 0 Å². The maximum atomic E-state index is 9.50. The van der Waals surface area contributed by atoms with E-state index < -0.39 is 12.2 Å². The first kappa shape index (κ1) is 9.44. The Morgan fingerprint density at radius 1 is 1.00 bits per heavy atom. The number of halogens is 2. The molecular weight excluding hydrogens is 288 g/mol. The van der Waals surface area contributed by atoms with Crippen LogP contribution in [0.1, 0.15) is 19.3 Å². The summed E-state index contributed by atoms with van der Waals surface area (Å²) in [5, 5.41) is 18.9. The van der Waals surface area contributed by atoms with Crippen molar-refractivity contribution in [2.45, 2.75) is 34.7 Å². The minimum absolute atomic E-state index is 0.0567. The van der Waals surface area contributed by atoms with Gasteiger partial charge in [-0.3, -0.25) is 0 Å². The van der Waals surface area contributed by atoms with Gasteiger partial charge in [-0.25, -0.2) is 0 Å². The first-order valence-corrected chi connectivity index (χ1v) is 5.86. The molecule has 12 heavy (non-hydrogen) atoms. The van der Waals surface area contributed by atoms with E-state index in [1.807, 2.05) is 0 Å². The third-order valence-corrected chi connectivity index (χ3v) is 5.43. The van der Waals surface area contributed by atoms with Crippen LogP contribution < -0.4 is 0 Å². The predicted octanol–water partition coefficient (Wildman–Crippen LogP) is 1.62. The summed E-state index contributed by atoms with van der Waals surface area (Å²) in [7, 11) is 0. The van der Waals surface area contributed by atoms with Gasteiger partial charge in [0.05, 0.1) is 15.4 Å². The molecule has 2 unspecified atom stereocenters. The fraction of sp³-hybridized carbons (Fsp3) is 1.00. The number of fused-ring (bicyclic) bond motifs is 1. The molecule has 4 heteroatoms. The van der Waals surface area contributed by atoms with Crippen LogP contribution in [0.3, 0.4) is 0 Å². The van der Waals surface area contributed by atoms with Gasteiger partial charge in [0.15, 0.2) is 0 Å². The van der Waals surface area contributed by atoms with Crippen LogP contribution in [0, 0.1) is 11.8 Å². The molecule has 2 nitrogen and oxygen atoms in total. The molecular formula is C8H12Br2O2. The lowest BCUT2D eigenvalue weighted by molar-refractivity contribution is 0.0115. The van der Waals surface area contributed by atoms with Gasteiger partial charge in [0.2, 0.25) is 0 Å². The molecule has 2 aliphatic rings. The van der Waals surface area contributed by atoms with Gasteiger partial charge in [0.25, 0.3) is 0 Å². The number of hydrogen-bond donors (Lipinski definition) is 2. The molecule has 2 rings (SSSR count). The summed E-state index contributed by atoms with van der Waals surface area (Å²) >= 11 is 7.17. The SMILES string of the molecule is O[C@@H]1CCC2C(C[C@H]1O)C2(Br)Br. The molecule has 0 aromatic rings. The summed E-state index contributed by atoms with van der Waals surface area (Å²) in [6.07, 6.45) is 1.40. The van der Waals surface area contributed by atoms with Crippen LogP contribution >= 0.6 is 31.9 Å². The number of aliphatic hydroxyl groups excluding tert-OH is 2. The van der Waals surface area contributed by atoms with Gasteiger partial charge in [-0.05, 0) is 31.1 Å². The largest absolute Gasteiger partial charge is 0.390 e. The minimum Gasteiger partial charge on any atom is -0.390 e. The van der Waals surface area contributed by atoms with E-state index in [1.54, 1.807) is 0 Å². The Morgan fingerprint density at radius 2 is 1.67 bits per heavy atom. The van der Waals surface area contributed by atoms with Crippen LogP contribution in [0.5, 0.6) is 0 Å². The fourth-order valence-corrected chi connectivity index (χ4v) is 3.98. The molecule has 0 amide bonds. The summed E-state index contributed by atoms with van der Waals surface area (Å²) in [4.78, 5) is 0. The van der Waals surface area contributed by atoms with E-state index in [4.69, 9.17) is 0 Å². The van der Waals surface area contributed by atoms with Gasteiger partial charge in [-0.2, -0.15) is 0 Å². The molecule has 2 saturated carbocycles. The van der Waals surface area contributed by atoms with E-state index in [0.29, 0.717) is 18.3 Å². The van der Waals surface area contributed by atoms with Crippen molar-refractivity contribution < 1.29 is 10.2 Å². The van der Waals surface area contributed by atoms with Crippen LogP contribution in [0.25, 0.3) is 0 Å². The topological polar surface area (TPSA) is 40.5 Å². The summed E-state index contributed by atoms with van der Waals surface area (Å²) in [6, 6.07) is 0. The Morgan fingerprint density at radius 3 is 2.33 bits per heavy atom. The lowest BCUT2D eigenvalue weighted by atomic mass is 10.1. The first-order chi connectivity index (χ1) is 5.53. The van der Waals surface area contributed by atoms with Crippen LogP contribution in [-0.4, -0.2) is 25.7 Å². The van der Waals surface area contributed by atoms with E-state index >= 15 is 0 Å². The highest BCUT2D eigenvalue weighted by Gasteiger charge is 2.62. The standard InChI is InChI=1S/C8H12Br2O2/c9-8(10)4-1-2-6(11)7(12)3-5(4)8/h4-7,11-12H,1-3H2/t4?,5?,6-,7-/m1/s1. The molecule has 0 heterocycles. The second-order valence-electron chi connectivity index (χ2n) is 3.84. The fourth-order valence-electron chi connectivity index (χ4n) is 2.14. The quantitative estimate of drug-likeness (QED) is 0.668. The third kappa shape index (κ3) is 1.37. The van der Waals surface area contributed by atoms with Crippen molar-refractivity contribution in [2.75, 3.05) is 0 Å². The number of alkyl halides is 2. The van der Waals surface area contributed by atoms with Gasteiger partial charge in [0, 0.05) is 0 Å². The highest BCUT2D eigenvalue weighted by molar-refractivity contribution is 9.25. The highest BCUT2D eigenvalue weighted by Crippen LogP contribution is 2.66. The van der Waals surface area contributed by atoms with E-state index in [9.17, 15) is 10.2 Å². The summed E-state index contributed by atoms with van der Waals surface area (Å²) < 4.78 is 0.0567. The van der Waals surface area contributed by atoms with Gasteiger partial charge in [-0.1, -0.05) is 31.9 Å². The van der Waals surface area contributed by atoms with Crippen LogP contribution in [-0.2, 0) is 0 Å².